The number of hydrogen-bond acceptors (Lipinski definition) is 2. The normalized spacial score (nSPS) is 10.6. The fraction of sp³-hybridized carbons (Fsp3) is 0.222. The first kappa shape index (κ1) is 19.2. The van der Waals surface area contributed by atoms with E-state index in [-0.39, 0.29) is 24.4 Å². The number of nitrogens with zero attached hydrogens (tertiary/aromatic N) is 1. The van der Waals surface area contributed by atoms with Gasteiger partial charge in [-0.15, -0.1) is 0 Å². The smallest absolute Gasteiger partial charge is 0.254 e. The number of amides is 2. The fourth-order valence-corrected chi connectivity index (χ4v) is 2.75. The number of halogens is 3. The molecule has 0 unspecified atom stereocenters. The molecule has 2 amide bonds. The Labute approximate surface area is 155 Å². The summed E-state index contributed by atoms with van der Waals surface area (Å²) in [5, 5.41) is 3.32. The van der Waals surface area contributed by atoms with E-state index >= 15 is 0 Å². The van der Waals surface area contributed by atoms with Crippen LogP contribution in [0.4, 0.5) is 10.1 Å². The Morgan fingerprint density at radius 1 is 1.08 bits per heavy atom. The lowest BCUT2D eigenvalue weighted by Crippen LogP contribution is -2.42. The SMILES string of the molecule is CC(C)N(CC(=O)Nc1ccc(F)cc1)C(=O)c1cc(Cl)cc(Cl)c1. The van der Waals surface area contributed by atoms with Crippen molar-refractivity contribution in [2.75, 3.05) is 11.9 Å². The molecule has 0 bridgehead atoms. The molecule has 0 aliphatic heterocycles. The Bertz CT molecular complexity index is 759. The van der Waals surface area contributed by atoms with E-state index < -0.39 is 5.82 Å². The Hall–Kier alpha value is -2.11. The molecular formula is C18H17Cl2FN2O2. The Morgan fingerprint density at radius 2 is 1.64 bits per heavy atom. The highest BCUT2D eigenvalue weighted by atomic mass is 35.5. The highest BCUT2D eigenvalue weighted by Gasteiger charge is 2.22. The van der Waals surface area contributed by atoms with Gasteiger partial charge in [0.05, 0.1) is 0 Å². The van der Waals surface area contributed by atoms with Crippen LogP contribution in [0.5, 0.6) is 0 Å². The Morgan fingerprint density at radius 3 is 2.16 bits per heavy atom. The molecular weight excluding hydrogens is 366 g/mol. The van der Waals surface area contributed by atoms with E-state index in [1.807, 2.05) is 0 Å². The highest BCUT2D eigenvalue weighted by molar-refractivity contribution is 6.35. The monoisotopic (exact) mass is 382 g/mol. The summed E-state index contributed by atoms with van der Waals surface area (Å²) in [6.45, 7) is 3.45. The lowest BCUT2D eigenvalue weighted by molar-refractivity contribution is -0.117. The number of carbonyl (C=O) groups excluding carboxylic acids is 2. The van der Waals surface area contributed by atoms with Crippen LogP contribution in [-0.4, -0.2) is 29.3 Å². The maximum atomic E-state index is 12.9. The molecule has 4 nitrogen and oxygen atoms in total. The minimum Gasteiger partial charge on any atom is -0.327 e. The van der Waals surface area contributed by atoms with E-state index in [2.05, 4.69) is 5.32 Å². The molecule has 2 rings (SSSR count). The second-order valence-corrected chi connectivity index (χ2v) is 6.61. The maximum Gasteiger partial charge on any atom is 0.254 e. The summed E-state index contributed by atoms with van der Waals surface area (Å²) in [5.74, 6) is -1.13. The number of anilines is 1. The summed E-state index contributed by atoms with van der Waals surface area (Å²) in [7, 11) is 0. The van der Waals surface area contributed by atoms with Crippen molar-refractivity contribution in [1.82, 2.24) is 4.90 Å². The van der Waals surface area contributed by atoms with Crippen molar-refractivity contribution < 1.29 is 14.0 Å². The summed E-state index contributed by atoms with van der Waals surface area (Å²) in [6, 6.07) is 9.71. The molecule has 0 aliphatic carbocycles. The zero-order valence-corrected chi connectivity index (χ0v) is 15.2. The van der Waals surface area contributed by atoms with Crippen LogP contribution in [0.1, 0.15) is 24.2 Å². The van der Waals surface area contributed by atoms with E-state index in [1.165, 1.54) is 47.4 Å². The van der Waals surface area contributed by atoms with Gasteiger partial charge in [0.15, 0.2) is 0 Å². The average Bonchev–Trinajstić information content (AvgIpc) is 2.53. The number of rotatable bonds is 5. The largest absolute Gasteiger partial charge is 0.327 e. The topological polar surface area (TPSA) is 49.4 Å². The number of carbonyl (C=O) groups is 2. The molecule has 0 aliphatic rings. The van der Waals surface area contributed by atoms with Crippen LogP contribution in [0.15, 0.2) is 42.5 Å². The van der Waals surface area contributed by atoms with Gasteiger partial charge in [0.25, 0.3) is 5.91 Å². The van der Waals surface area contributed by atoms with Crippen molar-refractivity contribution in [3.63, 3.8) is 0 Å². The molecule has 132 valence electrons. The quantitative estimate of drug-likeness (QED) is 0.819. The number of nitrogens with one attached hydrogen (secondary N) is 1. The van der Waals surface area contributed by atoms with E-state index in [9.17, 15) is 14.0 Å². The fourth-order valence-electron chi connectivity index (χ4n) is 2.22. The Balaban J connectivity index is 2.13. The van der Waals surface area contributed by atoms with Gasteiger partial charge in [-0.2, -0.15) is 0 Å². The van der Waals surface area contributed by atoms with Gasteiger partial charge in [0, 0.05) is 27.3 Å². The number of hydrogen-bond donors (Lipinski definition) is 1. The summed E-state index contributed by atoms with van der Waals surface area (Å²) in [5.41, 5.74) is 0.758. The molecule has 0 radical (unpaired) electrons. The van der Waals surface area contributed by atoms with E-state index in [1.54, 1.807) is 13.8 Å². The molecule has 0 saturated heterocycles. The van der Waals surface area contributed by atoms with Gasteiger partial charge < -0.3 is 10.2 Å². The molecule has 0 spiro atoms. The molecule has 0 atom stereocenters. The molecule has 25 heavy (non-hydrogen) atoms. The summed E-state index contributed by atoms with van der Waals surface area (Å²) < 4.78 is 12.9. The van der Waals surface area contributed by atoms with Crippen molar-refractivity contribution in [3.8, 4) is 0 Å². The van der Waals surface area contributed by atoms with Crippen LogP contribution in [0.25, 0.3) is 0 Å². The second kappa shape index (κ2) is 8.32. The molecule has 0 fully saturated rings. The first-order valence-corrected chi connectivity index (χ1v) is 8.34. The van der Waals surface area contributed by atoms with Gasteiger partial charge in [-0.1, -0.05) is 23.2 Å². The van der Waals surface area contributed by atoms with Crippen molar-refractivity contribution in [3.05, 3.63) is 63.9 Å². The predicted molar refractivity (Wildman–Crippen MR) is 97.7 cm³/mol. The van der Waals surface area contributed by atoms with E-state index in [0.717, 1.165) is 0 Å². The molecule has 2 aromatic carbocycles. The van der Waals surface area contributed by atoms with Gasteiger partial charge in [-0.3, -0.25) is 9.59 Å². The first-order valence-electron chi connectivity index (χ1n) is 7.58. The third-order valence-corrected chi connectivity index (χ3v) is 3.87. The highest BCUT2D eigenvalue weighted by Crippen LogP contribution is 2.21. The summed E-state index contributed by atoms with van der Waals surface area (Å²) in [4.78, 5) is 26.3. The zero-order chi connectivity index (χ0) is 18.6. The van der Waals surface area contributed by atoms with Gasteiger partial charge in [-0.05, 0) is 56.3 Å². The van der Waals surface area contributed by atoms with Crippen molar-refractivity contribution in [2.24, 2.45) is 0 Å². The van der Waals surface area contributed by atoms with Crippen LogP contribution in [0.2, 0.25) is 10.0 Å². The van der Waals surface area contributed by atoms with Crippen LogP contribution in [0.3, 0.4) is 0 Å². The zero-order valence-electron chi connectivity index (χ0n) is 13.7. The minimum atomic E-state index is -0.394. The molecule has 0 heterocycles. The average molecular weight is 383 g/mol. The van der Waals surface area contributed by atoms with Crippen LogP contribution < -0.4 is 5.32 Å². The third-order valence-electron chi connectivity index (χ3n) is 3.44. The lowest BCUT2D eigenvalue weighted by atomic mass is 10.1. The second-order valence-electron chi connectivity index (χ2n) is 5.74. The summed E-state index contributed by atoms with van der Waals surface area (Å²) in [6.07, 6.45) is 0. The van der Waals surface area contributed by atoms with Crippen LogP contribution >= 0.6 is 23.2 Å². The van der Waals surface area contributed by atoms with Gasteiger partial charge in [0.1, 0.15) is 12.4 Å². The first-order chi connectivity index (χ1) is 11.8. The van der Waals surface area contributed by atoms with Crippen molar-refractivity contribution in [2.45, 2.75) is 19.9 Å². The summed E-state index contributed by atoms with van der Waals surface area (Å²) >= 11 is 11.9. The number of benzene rings is 2. The third kappa shape index (κ3) is 5.44. The van der Waals surface area contributed by atoms with E-state index in [0.29, 0.717) is 21.3 Å². The minimum absolute atomic E-state index is 0.155. The van der Waals surface area contributed by atoms with Gasteiger partial charge in [0.2, 0.25) is 5.91 Å². The van der Waals surface area contributed by atoms with Crippen LogP contribution in [-0.2, 0) is 4.79 Å². The standard InChI is InChI=1S/C18H17Cl2FN2O2/c1-11(2)23(18(25)12-7-13(19)9-14(20)8-12)10-17(24)22-16-5-3-15(21)4-6-16/h3-9,11H,10H2,1-2H3,(H,22,24). The van der Waals surface area contributed by atoms with E-state index in [4.69, 9.17) is 23.2 Å². The van der Waals surface area contributed by atoms with Crippen LogP contribution in [0, 0.1) is 5.82 Å². The Kier molecular flexibility index (Phi) is 6.39. The molecule has 2 aromatic rings. The predicted octanol–water partition coefficient (Wildman–Crippen LogP) is 4.62. The molecule has 1 N–H and O–H groups in total. The maximum absolute atomic E-state index is 12.9. The lowest BCUT2D eigenvalue weighted by Gasteiger charge is -2.26. The van der Waals surface area contributed by atoms with Crippen molar-refractivity contribution >= 4 is 40.7 Å². The van der Waals surface area contributed by atoms with Gasteiger partial charge in [-0.25, -0.2) is 4.39 Å². The molecule has 0 saturated carbocycles. The van der Waals surface area contributed by atoms with Gasteiger partial charge >= 0.3 is 0 Å². The molecule has 0 aromatic heterocycles. The van der Waals surface area contributed by atoms with Crippen molar-refractivity contribution in [1.29, 1.82) is 0 Å². The molecule has 7 heteroatoms.